The number of carbonyl (C=O) groups excluding carboxylic acids is 2. The molecule has 8 nitrogen and oxygen atoms in total. The highest BCUT2D eigenvalue weighted by Crippen LogP contribution is 2.77. The normalized spacial score (nSPS) is 45.0. The molecule has 4 bridgehead atoms. The number of hydrogen-bond donors (Lipinski definition) is 0. The minimum atomic E-state index is -0.230. The zero-order valence-corrected chi connectivity index (χ0v) is 32.2. The first-order chi connectivity index (χ1) is 25.7. The maximum atomic E-state index is 13.8. The Morgan fingerprint density at radius 1 is 0.623 bits per heavy atom. The molecule has 12 aliphatic rings. The summed E-state index contributed by atoms with van der Waals surface area (Å²) in [6.07, 6.45) is 14.6. The SMILES string of the molecule is COC(=O)C1C[C@@]23CCCN4CCC5(c6cc(Cc7ccc8c(c7)[C@@]79CCN%10CCC[C@]%11(CC[C@]7(C(C(=O)OC)C%11)N8C)[C@H]%109)ccc6N(C)C15CC2)[C@@H]43. The van der Waals surface area contributed by atoms with E-state index in [4.69, 9.17) is 9.47 Å². The third kappa shape index (κ3) is 3.22. The molecule has 53 heavy (non-hydrogen) atoms. The molecule has 0 N–H and O–H groups in total. The summed E-state index contributed by atoms with van der Waals surface area (Å²) in [5, 5.41) is 0. The number of ether oxygens (including phenoxy) is 2. The Hall–Kier alpha value is -3.10. The van der Waals surface area contributed by atoms with Crippen molar-refractivity contribution in [3.8, 4) is 0 Å². The van der Waals surface area contributed by atoms with Crippen LogP contribution in [0.4, 0.5) is 11.4 Å². The molecule has 2 aromatic rings. The molecule has 4 saturated heterocycles. The average Bonchev–Trinajstić information content (AvgIpc) is 3.91. The number of benzene rings is 2. The molecular weight excluding hydrogens is 661 g/mol. The van der Waals surface area contributed by atoms with Crippen LogP contribution in [-0.2, 0) is 36.3 Å². The van der Waals surface area contributed by atoms with Crippen molar-refractivity contribution in [2.45, 2.75) is 117 Å². The van der Waals surface area contributed by atoms with E-state index in [0.29, 0.717) is 12.1 Å². The fourth-order valence-electron chi connectivity index (χ4n) is 17.8. The van der Waals surface area contributed by atoms with Crippen LogP contribution in [0, 0.1) is 22.7 Å². The second-order valence-corrected chi connectivity index (χ2v) is 19.7. The van der Waals surface area contributed by atoms with E-state index in [9.17, 15) is 9.59 Å². The van der Waals surface area contributed by atoms with Gasteiger partial charge in [0, 0.05) is 48.4 Å². The van der Waals surface area contributed by atoms with Crippen molar-refractivity contribution in [1.82, 2.24) is 9.80 Å². The maximum Gasteiger partial charge on any atom is 0.311 e. The summed E-state index contributed by atoms with van der Waals surface area (Å²) in [5.41, 5.74) is 8.26. The molecule has 6 spiro atoms. The van der Waals surface area contributed by atoms with Crippen LogP contribution in [0.25, 0.3) is 0 Å². The average molecular weight is 717 g/mol. The predicted molar refractivity (Wildman–Crippen MR) is 203 cm³/mol. The van der Waals surface area contributed by atoms with E-state index in [-0.39, 0.29) is 56.5 Å². The number of esters is 2. The predicted octanol–water partition coefficient (Wildman–Crippen LogP) is 5.81. The first-order valence-electron chi connectivity index (χ1n) is 21.0. The number of nitrogens with zero attached hydrogens (tertiary/aromatic N) is 4. The summed E-state index contributed by atoms with van der Waals surface area (Å²) < 4.78 is 11.3. The van der Waals surface area contributed by atoms with E-state index in [2.05, 4.69) is 70.1 Å². The number of fused-ring (bicyclic) bond motifs is 6. The van der Waals surface area contributed by atoms with Gasteiger partial charge in [0.05, 0.1) is 37.1 Å². The van der Waals surface area contributed by atoms with Gasteiger partial charge in [0.25, 0.3) is 0 Å². The van der Waals surface area contributed by atoms with Crippen molar-refractivity contribution in [3.63, 3.8) is 0 Å². The van der Waals surface area contributed by atoms with Gasteiger partial charge in [0.15, 0.2) is 0 Å². The summed E-state index contributed by atoms with van der Waals surface area (Å²) in [6.45, 7) is 4.65. The van der Waals surface area contributed by atoms with Crippen LogP contribution < -0.4 is 9.80 Å². The molecule has 6 aliphatic heterocycles. The smallest absolute Gasteiger partial charge is 0.311 e. The lowest BCUT2D eigenvalue weighted by Crippen LogP contribution is -2.78. The second-order valence-electron chi connectivity index (χ2n) is 19.7. The van der Waals surface area contributed by atoms with E-state index in [1.54, 1.807) is 14.2 Å². The van der Waals surface area contributed by atoms with Gasteiger partial charge in [-0.15, -0.1) is 0 Å². The van der Waals surface area contributed by atoms with Crippen molar-refractivity contribution in [2.75, 3.05) is 64.3 Å². The van der Waals surface area contributed by atoms with E-state index in [0.717, 1.165) is 58.0 Å². The Morgan fingerprint density at radius 2 is 1.08 bits per heavy atom. The van der Waals surface area contributed by atoms with Gasteiger partial charge < -0.3 is 19.3 Å². The maximum absolute atomic E-state index is 13.8. The first kappa shape index (κ1) is 32.2. The Bertz CT molecular complexity index is 1860. The Labute approximate surface area is 314 Å². The lowest BCUT2D eigenvalue weighted by Gasteiger charge is -2.70. The summed E-state index contributed by atoms with van der Waals surface area (Å²) in [6, 6.07) is 15.7. The lowest BCUT2D eigenvalue weighted by atomic mass is 9.38. The molecule has 10 fully saturated rings. The van der Waals surface area contributed by atoms with Crippen LogP contribution in [-0.4, -0.2) is 99.4 Å². The zero-order chi connectivity index (χ0) is 35.9. The molecule has 0 amide bonds. The molecule has 4 unspecified atom stereocenters. The van der Waals surface area contributed by atoms with Gasteiger partial charge in [0.1, 0.15) is 0 Å². The molecule has 0 aromatic heterocycles. The number of piperidine rings is 2. The molecule has 10 atom stereocenters. The fraction of sp³-hybridized carbons (Fsp3) is 0.689. The monoisotopic (exact) mass is 716 g/mol. The molecule has 6 heterocycles. The zero-order valence-electron chi connectivity index (χ0n) is 32.2. The third-order valence-corrected chi connectivity index (χ3v) is 19.0. The van der Waals surface area contributed by atoms with Crippen molar-refractivity contribution in [1.29, 1.82) is 0 Å². The standard InChI is InChI=1S/C45H56N4O4/c1-46-34-9-7-28(24-30(34)42-17-21-48-19-5-11-40(38(42)48)13-15-44(42,46)32(26-40)36(50)52-3)23-29-8-10-35-31(25-29)43-18-22-49-20-6-12-41(39(43)49)14-16-45(43,47(35)2)33(27-41)37(51)53-4/h7-10,24-25,32-33,38-39H,5-6,11-23,26-27H2,1-4H3/t32?,33?,38-,39-,40+,41+,42+,43?,44+,45?/m0/s1. The molecule has 6 saturated carbocycles. The van der Waals surface area contributed by atoms with Crippen LogP contribution >= 0.6 is 0 Å². The van der Waals surface area contributed by atoms with Gasteiger partial charge in [-0.05, 0) is 155 Å². The summed E-state index contributed by atoms with van der Waals surface area (Å²) >= 11 is 0. The van der Waals surface area contributed by atoms with Gasteiger partial charge in [0.2, 0.25) is 0 Å². The van der Waals surface area contributed by atoms with Crippen LogP contribution in [0.5, 0.6) is 0 Å². The quantitative estimate of drug-likeness (QED) is 0.368. The van der Waals surface area contributed by atoms with E-state index >= 15 is 0 Å². The number of methoxy groups -OCH3 is 2. The number of hydrogen-bond acceptors (Lipinski definition) is 8. The van der Waals surface area contributed by atoms with Crippen molar-refractivity contribution in [3.05, 3.63) is 58.7 Å². The largest absolute Gasteiger partial charge is 0.469 e. The molecule has 6 aliphatic carbocycles. The second kappa shape index (κ2) is 10.0. The van der Waals surface area contributed by atoms with Crippen LogP contribution in [0.2, 0.25) is 0 Å². The van der Waals surface area contributed by atoms with Crippen molar-refractivity contribution >= 4 is 23.3 Å². The summed E-state index contributed by atoms with van der Waals surface area (Å²) in [5.74, 6) is -0.181. The van der Waals surface area contributed by atoms with Crippen molar-refractivity contribution < 1.29 is 19.1 Å². The van der Waals surface area contributed by atoms with Crippen LogP contribution in [0.3, 0.4) is 0 Å². The van der Waals surface area contributed by atoms with E-state index < -0.39 is 0 Å². The Balaban J connectivity index is 0.974. The van der Waals surface area contributed by atoms with Crippen LogP contribution in [0.1, 0.15) is 99.3 Å². The molecule has 0 radical (unpaired) electrons. The Morgan fingerprint density at radius 3 is 1.51 bits per heavy atom. The minimum Gasteiger partial charge on any atom is -0.469 e. The van der Waals surface area contributed by atoms with Gasteiger partial charge in [-0.3, -0.25) is 19.4 Å². The van der Waals surface area contributed by atoms with Gasteiger partial charge in [-0.25, -0.2) is 0 Å². The highest BCUT2D eigenvalue weighted by Gasteiger charge is 2.82. The highest BCUT2D eigenvalue weighted by molar-refractivity contribution is 5.83. The number of likely N-dealkylation sites (N-methyl/N-ethyl adjacent to an activating group) is 2. The first-order valence-corrected chi connectivity index (χ1v) is 21.0. The highest BCUT2D eigenvalue weighted by atomic mass is 16.5. The van der Waals surface area contributed by atoms with Crippen molar-refractivity contribution in [2.24, 2.45) is 22.7 Å². The van der Waals surface area contributed by atoms with Gasteiger partial charge >= 0.3 is 11.9 Å². The molecule has 280 valence electrons. The number of rotatable bonds is 4. The van der Waals surface area contributed by atoms with E-state index in [1.165, 1.54) is 85.2 Å². The molecule has 14 rings (SSSR count). The van der Waals surface area contributed by atoms with Gasteiger partial charge in [-0.1, -0.05) is 24.3 Å². The topological polar surface area (TPSA) is 65.6 Å². The number of carbonyl (C=O) groups is 2. The summed E-state index contributed by atoms with van der Waals surface area (Å²) in [7, 11) is 7.79. The van der Waals surface area contributed by atoms with Gasteiger partial charge in [-0.2, -0.15) is 0 Å². The Kier molecular flexibility index (Phi) is 6.07. The molecule has 8 heteroatoms. The summed E-state index contributed by atoms with van der Waals surface area (Å²) in [4.78, 5) is 38.5. The number of anilines is 2. The molecule has 2 aromatic carbocycles. The van der Waals surface area contributed by atoms with E-state index in [1.807, 2.05) is 0 Å². The molecular formula is C45H56N4O4. The fourth-order valence-corrected chi connectivity index (χ4v) is 17.8. The third-order valence-electron chi connectivity index (χ3n) is 19.0. The lowest BCUT2D eigenvalue weighted by molar-refractivity contribution is -0.175. The van der Waals surface area contributed by atoms with Crippen LogP contribution in [0.15, 0.2) is 36.4 Å². The minimum absolute atomic E-state index is 0.00198.